The summed E-state index contributed by atoms with van der Waals surface area (Å²) in [5, 5.41) is 0. The molecule has 112 valence electrons. The van der Waals surface area contributed by atoms with E-state index >= 15 is 0 Å². The summed E-state index contributed by atoms with van der Waals surface area (Å²) in [4.78, 5) is 14.6. The zero-order chi connectivity index (χ0) is 14.6. The molecule has 20 heavy (non-hydrogen) atoms. The Kier molecular flexibility index (Phi) is 4.83. The van der Waals surface area contributed by atoms with Crippen molar-refractivity contribution in [2.75, 3.05) is 26.2 Å². The molecule has 0 aromatic carbocycles. The number of nitrogens with zero attached hydrogens (tertiary/aromatic N) is 2. The molecule has 0 aliphatic carbocycles. The van der Waals surface area contributed by atoms with E-state index in [0.717, 1.165) is 19.6 Å². The highest BCUT2D eigenvalue weighted by Crippen LogP contribution is 2.08. The normalized spacial score (nSPS) is 16.6. The maximum Gasteiger partial charge on any atom is 0.292 e. The Balaban J connectivity index is 1.94. The van der Waals surface area contributed by atoms with Gasteiger partial charge in [-0.1, -0.05) is 0 Å². The van der Waals surface area contributed by atoms with Crippen LogP contribution in [0, 0.1) is 0 Å². The van der Waals surface area contributed by atoms with E-state index in [1.54, 1.807) is 16.8 Å². The van der Waals surface area contributed by atoms with Crippen LogP contribution in [0.2, 0.25) is 0 Å². The predicted octanol–water partition coefficient (Wildman–Crippen LogP) is 1.06. The van der Waals surface area contributed by atoms with Gasteiger partial charge in [-0.05, 0) is 51.9 Å². The second-order valence-corrected chi connectivity index (χ2v) is 6.19. The Bertz CT molecular complexity index is 485. The highest BCUT2D eigenvalue weighted by atomic mass is 16.5. The first-order valence-electron chi connectivity index (χ1n) is 7.29. The van der Waals surface area contributed by atoms with Crippen LogP contribution in [0.3, 0.4) is 0 Å². The summed E-state index contributed by atoms with van der Waals surface area (Å²) < 4.78 is 7.25. The molecule has 2 heterocycles. The number of aromatic nitrogens is 1. The van der Waals surface area contributed by atoms with Crippen LogP contribution in [0.5, 0.6) is 5.75 Å². The van der Waals surface area contributed by atoms with Gasteiger partial charge in [-0.3, -0.25) is 9.69 Å². The van der Waals surface area contributed by atoms with E-state index in [2.05, 4.69) is 4.90 Å². The van der Waals surface area contributed by atoms with Crippen molar-refractivity contribution in [2.24, 2.45) is 5.73 Å². The van der Waals surface area contributed by atoms with Crippen molar-refractivity contribution in [1.29, 1.82) is 0 Å². The molecule has 1 saturated heterocycles. The van der Waals surface area contributed by atoms with Crippen molar-refractivity contribution >= 4 is 0 Å². The number of likely N-dealkylation sites (tertiary alicyclic amines) is 1. The smallest absolute Gasteiger partial charge is 0.292 e. The van der Waals surface area contributed by atoms with Crippen molar-refractivity contribution in [1.82, 2.24) is 9.47 Å². The molecule has 0 bridgehead atoms. The molecule has 1 fully saturated rings. The van der Waals surface area contributed by atoms with Crippen molar-refractivity contribution in [3.8, 4) is 5.75 Å². The third-order valence-corrected chi connectivity index (χ3v) is 3.43. The lowest BCUT2D eigenvalue weighted by molar-refractivity contribution is 0.234. The van der Waals surface area contributed by atoms with Gasteiger partial charge in [0.1, 0.15) is 6.61 Å². The average Bonchev–Trinajstić information content (AvgIpc) is 2.85. The van der Waals surface area contributed by atoms with E-state index in [1.165, 1.54) is 12.8 Å². The maximum absolute atomic E-state index is 12.2. The molecule has 0 radical (unpaired) electrons. The van der Waals surface area contributed by atoms with Gasteiger partial charge in [-0.25, -0.2) is 0 Å². The summed E-state index contributed by atoms with van der Waals surface area (Å²) in [6, 6.07) is 3.56. The quantitative estimate of drug-likeness (QED) is 0.846. The topological polar surface area (TPSA) is 60.5 Å². The summed E-state index contributed by atoms with van der Waals surface area (Å²) in [5.41, 5.74) is 5.44. The first kappa shape index (κ1) is 15.1. The van der Waals surface area contributed by atoms with Crippen LogP contribution >= 0.6 is 0 Å². The molecule has 0 unspecified atom stereocenters. The molecular formula is C15H25N3O2. The van der Waals surface area contributed by atoms with Crippen LogP contribution in [0.1, 0.15) is 26.7 Å². The largest absolute Gasteiger partial charge is 0.487 e. The van der Waals surface area contributed by atoms with Gasteiger partial charge in [0.25, 0.3) is 5.56 Å². The molecule has 1 aromatic heterocycles. The first-order chi connectivity index (χ1) is 9.46. The minimum Gasteiger partial charge on any atom is -0.487 e. The van der Waals surface area contributed by atoms with Crippen LogP contribution in [0.25, 0.3) is 0 Å². The number of pyridine rings is 1. The fourth-order valence-electron chi connectivity index (χ4n) is 2.48. The first-order valence-corrected chi connectivity index (χ1v) is 7.29. The number of ether oxygens (including phenoxy) is 1. The Morgan fingerprint density at radius 2 is 2.05 bits per heavy atom. The van der Waals surface area contributed by atoms with Gasteiger partial charge < -0.3 is 15.0 Å². The SMILES string of the molecule is CC(C)(N)Cn1cccc(OCCN2CCCC2)c1=O. The fraction of sp³-hybridized carbons (Fsp3) is 0.667. The van der Waals surface area contributed by atoms with Gasteiger partial charge in [-0.15, -0.1) is 0 Å². The molecule has 5 nitrogen and oxygen atoms in total. The fourth-order valence-corrected chi connectivity index (χ4v) is 2.48. The molecule has 0 atom stereocenters. The van der Waals surface area contributed by atoms with Crippen LogP contribution in [0.4, 0.5) is 0 Å². The molecule has 0 saturated carbocycles. The summed E-state index contributed by atoms with van der Waals surface area (Å²) >= 11 is 0. The molecule has 1 aliphatic rings. The van der Waals surface area contributed by atoms with Crippen LogP contribution in [0.15, 0.2) is 23.1 Å². The lowest BCUT2D eigenvalue weighted by Gasteiger charge is -2.20. The van der Waals surface area contributed by atoms with Crippen molar-refractivity contribution in [3.63, 3.8) is 0 Å². The third kappa shape index (κ3) is 4.35. The Morgan fingerprint density at radius 3 is 2.70 bits per heavy atom. The number of hydrogen-bond acceptors (Lipinski definition) is 4. The number of nitrogens with two attached hydrogens (primary N) is 1. The van der Waals surface area contributed by atoms with Crippen molar-refractivity contribution in [2.45, 2.75) is 38.8 Å². The second-order valence-electron chi connectivity index (χ2n) is 6.19. The zero-order valence-corrected chi connectivity index (χ0v) is 12.5. The molecule has 2 rings (SSSR count). The van der Waals surface area contributed by atoms with Crippen molar-refractivity contribution < 1.29 is 4.74 Å². The molecule has 1 aliphatic heterocycles. The van der Waals surface area contributed by atoms with Crippen LogP contribution < -0.4 is 16.0 Å². The van der Waals surface area contributed by atoms with E-state index in [4.69, 9.17) is 10.5 Å². The van der Waals surface area contributed by atoms with Crippen molar-refractivity contribution in [3.05, 3.63) is 28.7 Å². The number of rotatable bonds is 6. The van der Waals surface area contributed by atoms with Gasteiger partial charge in [0.15, 0.2) is 5.75 Å². The van der Waals surface area contributed by atoms with E-state index in [1.807, 2.05) is 19.9 Å². The Morgan fingerprint density at radius 1 is 1.35 bits per heavy atom. The minimum atomic E-state index is -0.419. The van der Waals surface area contributed by atoms with Gasteiger partial charge in [0.05, 0.1) is 0 Å². The van der Waals surface area contributed by atoms with E-state index < -0.39 is 5.54 Å². The zero-order valence-electron chi connectivity index (χ0n) is 12.5. The average molecular weight is 279 g/mol. The summed E-state index contributed by atoms with van der Waals surface area (Å²) in [5.74, 6) is 0.413. The molecular weight excluding hydrogens is 254 g/mol. The molecule has 2 N–H and O–H groups in total. The summed E-state index contributed by atoms with van der Waals surface area (Å²) in [6.07, 6.45) is 4.29. The van der Waals surface area contributed by atoms with Crippen LogP contribution in [-0.2, 0) is 6.54 Å². The highest BCUT2D eigenvalue weighted by molar-refractivity contribution is 5.17. The number of hydrogen-bond donors (Lipinski definition) is 1. The molecule has 0 amide bonds. The second kappa shape index (κ2) is 6.41. The van der Waals surface area contributed by atoms with E-state index in [9.17, 15) is 4.79 Å². The van der Waals surface area contributed by atoms with Crippen LogP contribution in [-0.4, -0.2) is 41.2 Å². The van der Waals surface area contributed by atoms with Gasteiger partial charge >= 0.3 is 0 Å². The predicted molar refractivity (Wildman–Crippen MR) is 80.1 cm³/mol. The van der Waals surface area contributed by atoms with E-state index in [-0.39, 0.29) is 5.56 Å². The lowest BCUT2D eigenvalue weighted by atomic mass is 10.1. The Labute approximate surface area is 120 Å². The summed E-state index contributed by atoms with van der Waals surface area (Å²) in [7, 11) is 0. The highest BCUT2D eigenvalue weighted by Gasteiger charge is 2.15. The maximum atomic E-state index is 12.2. The molecule has 1 aromatic rings. The van der Waals surface area contributed by atoms with Gasteiger partial charge in [-0.2, -0.15) is 0 Å². The van der Waals surface area contributed by atoms with Gasteiger partial charge in [0.2, 0.25) is 0 Å². The molecule has 5 heteroatoms. The summed E-state index contributed by atoms with van der Waals surface area (Å²) in [6.45, 7) is 8.02. The molecule has 0 spiro atoms. The standard InChI is InChI=1S/C15H25N3O2/c1-15(2,16)12-18-9-5-6-13(14(18)19)20-11-10-17-7-3-4-8-17/h5-6,9H,3-4,7-8,10-12,16H2,1-2H3. The monoisotopic (exact) mass is 279 g/mol. The van der Waals surface area contributed by atoms with E-state index in [0.29, 0.717) is 18.9 Å². The third-order valence-electron chi connectivity index (χ3n) is 3.43. The lowest BCUT2D eigenvalue weighted by Crippen LogP contribution is -2.40. The minimum absolute atomic E-state index is 0.104. The Hall–Kier alpha value is -1.33. The van der Waals surface area contributed by atoms with Gasteiger partial charge in [0, 0.05) is 24.8 Å².